The van der Waals surface area contributed by atoms with E-state index in [9.17, 15) is 14.7 Å². The molecular weight excluding hydrogens is 212 g/mol. The van der Waals surface area contributed by atoms with Crippen LogP contribution in [0, 0.1) is 12.8 Å². The molecule has 1 aromatic heterocycles. The molecule has 1 heterocycles. The number of aliphatic hydroxyl groups is 2. The summed E-state index contributed by atoms with van der Waals surface area (Å²) in [6.07, 6.45) is 1.26. The summed E-state index contributed by atoms with van der Waals surface area (Å²) in [5.74, 6) is -0.177. The quantitative estimate of drug-likeness (QED) is 0.587. The Bertz CT molecular complexity index is 504. The summed E-state index contributed by atoms with van der Waals surface area (Å²) in [6, 6.07) is -0.347. The Morgan fingerprint density at radius 2 is 2.25 bits per heavy atom. The van der Waals surface area contributed by atoms with Gasteiger partial charge in [-0.2, -0.15) is 0 Å². The van der Waals surface area contributed by atoms with Gasteiger partial charge in [-0.1, -0.05) is 0 Å². The van der Waals surface area contributed by atoms with Crippen molar-refractivity contribution in [2.24, 2.45) is 5.92 Å². The molecule has 0 aromatic carbocycles. The van der Waals surface area contributed by atoms with E-state index in [0.717, 1.165) is 0 Å². The van der Waals surface area contributed by atoms with Crippen LogP contribution >= 0.6 is 0 Å². The number of H-pyrrole nitrogens is 1. The van der Waals surface area contributed by atoms with E-state index in [1.165, 1.54) is 10.8 Å². The summed E-state index contributed by atoms with van der Waals surface area (Å²) in [5.41, 5.74) is -0.496. The van der Waals surface area contributed by atoms with E-state index in [1.807, 2.05) is 0 Å². The lowest BCUT2D eigenvalue weighted by Gasteiger charge is -2.41. The molecule has 0 bridgehead atoms. The van der Waals surface area contributed by atoms with E-state index in [1.54, 1.807) is 6.92 Å². The lowest BCUT2D eigenvalue weighted by atomic mass is 9.77. The number of aromatic nitrogens is 2. The highest BCUT2D eigenvalue weighted by molar-refractivity contribution is 5.04. The van der Waals surface area contributed by atoms with Crippen LogP contribution < -0.4 is 11.2 Å². The van der Waals surface area contributed by atoms with Gasteiger partial charge in [-0.05, 0) is 13.3 Å². The van der Waals surface area contributed by atoms with Crippen molar-refractivity contribution in [3.8, 4) is 0 Å². The Balaban J connectivity index is 2.33. The molecule has 0 radical (unpaired) electrons. The molecule has 88 valence electrons. The second-order valence-electron chi connectivity index (χ2n) is 4.21. The molecule has 2 rings (SSSR count). The first-order valence-corrected chi connectivity index (χ1v) is 5.15. The largest absolute Gasteiger partial charge is 0.396 e. The second kappa shape index (κ2) is 3.88. The average molecular weight is 226 g/mol. The van der Waals surface area contributed by atoms with Gasteiger partial charge in [-0.3, -0.25) is 14.3 Å². The van der Waals surface area contributed by atoms with Crippen LogP contribution in [0.15, 0.2) is 15.8 Å². The van der Waals surface area contributed by atoms with Crippen molar-refractivity contribution in [1.29, 1.82) is 0 Å². The minimum Gasteiger partial charge on any atom is -0.396 e. The van der Waals surface area contributed by atoms with Crippen LogP contribution in [0.3, 0.4) is 0 Å². The number of nitrogens with zero attached hydrogens (tertiary/aromatic N) is 1. The van der Waals surface area contributed by atoms with Gasteiger partial charge in [-0.15, -0.1) is 0 Å². The van der Waals surface area contributed by atoms with Gasteiger partial charge in [0.05, 0.1) is 12.1 Å². The Hall–Kier alpha value is -1.40. The zero-order chi connectivity index (χ0) is 11.9. The van der Waals surface area contributed by atoms with Crippen molar-refractivity contribution in [2.45, 2.75) is 25.5 Å². The maximum Gasteiger partial charge on any atom is 0.328 e. The molecule has 0 spiro atoms. The molecule has 1 aliphatic rings. The monoisotopic (exact) mass is 226 g/mol. The van der Waals surface area contributed by atoms with Gasteiger partial charge >= 0.3 is 5.69 Å². The number of hydrogen-bond donors (Lipinski definition) is 3. The third kappa shape index (κ3) is 1.60. The molecule has 0 saturated heterocycles. The predicted molar refractivity (Wildman–Crippen MR) is 56.3 cm³/mol. The summed E-state index contributed by atoms with van der Waals surface area (Å²) in [7, 11) is 0. The predicted octanol–water partition coefficient (Wildman–Crippen LogP) is -1.24. The summed E-state index contributed by atoms with van der Waals surface area (Å²) in [4.78, 5) is 24.8. The second-order valence-corrected chi connectivity index (χ2v) is 4.21. The zero-order valence-corrected chi connectivity index (χ0v) is 8.88. The first-order chi connectivity index (χ1) is 7.54. The van der Waals surface area contributed by atoms with Crippen LogP contribution in [0.1, 0.15) is 18.0 Å². The third-order valence-electron chi connectivity index (χ3n) is 3.16. The molecule has 16 heavy (non-hydrogen) atoms. The molecule has 6 heteroatoms. The molecule has 1 fully saturated rings. The number of rotatable bonds is 2. The minimum absolute atomic E-state index is 0.0885. The highest BCUT2D eigenvalue weighted by atomic mass is 16.3. The number of aromatic amines is 1. The normalized spacial score (nSPS) is 28.8. The van der Waals surface area contributed by atoms with Crippen LogP contribution in [0.5, 0.6) is 0 Å². The lowest BCUT2D eigenvalue weighted by Crippen LogP contribution is -2.49. The molecule has 0 aliphatic heterocycles. The highest BCUT2D eigenvalue weighted by Gasteiger charge is 2.40. The van der Waals surface area contributed by atoms with Crippen molar-refractivity contribution < 1.29 is 10.2 Å². The maximum atomic E-state index is 11.5. The fraction of sp³-hybridized carbons (Fsp3) is 0.600. The van der Waals surface area contributed by atoms with Crippen molar-refractivity contribution in [2.75, 3.05) is 6.61 Å². The summed E-state index contributed by atoms with van der Waals surface area (Å²) in [6.45, 7) is 1.51. The Kier molecular flexibility index (Phi) is 2.69. The molecule has 0 amide bonds. The van der Waals surface area contributed by atoms with Crippen molar-refractivity contribution >= 4 is 0 Å². The van der Waals surface area contributed by atoms with Crippen LogP contribution in [0.4, 0.5) is 0 Å². The van der Waals surface area contributed by atoms with E-state index >= 15 is 0 Å². The summed E-state index contributed by atoms with van der Waals surface area (Å²) < 4.78 is 1.33. The molecule has 0 unspecified atom stereocenters. The number of aliphatic hydroxyl groups excluding tert-OH is 2. The summed E-state index contributed by atoms with van der Waals surface area (Å²) >= 11 is 0. The Morgan fingerprint density at radius 1 is 1.56 bits per heavy atom. The van der Waals surface area contributed by atoms with E-state index in [4.69, 9.17) is 5.11 Å². The van der Waals surface area contributed by atoms with Crippen LogP contribution in [0.25, 0.3) is 0 Å². The average Bonchev–Trinajstić information content (AvgIpc) is 2.24. The van der Waals surface area contributed by atoms with Gasteiger partial charge in [0, 0.05) is 24.3 Å². The summed E-state index contributed by atoms with van der Waals surface area (Å²) in [5, 5.41) is 18.6. The van der Waals surface area contributed by atoms with Gasteiger partial charge in [0.25, 0.3) is 5.56 Å². The Labute approximate surface area is 91.2 Å². The molecule has 1 aromatic rings. The van der Waals surface area contributed by atoms with Gasteiger partial charge in [0.15, 0.2) is 0 Å². The molecule has 1 saturated carbocycles. The standard InChI is InChI=1S/C10H14N2O4/c1-5-3-12(10(16)11-9(5)15)7-2-6(4-13)8(7)14/h3,6-8,13-14H,2,4H2,1H3,(H,11,15,16)/t6-,7-,8-/m1/s1. The molecule has 3 atom stereocenters. The van der Waals surface area contributed by atoms with E-state index in [-0.39, 0.29) is 18.6 Å². The molecular formula is C10H14N2O4. The van der Waals surface area contributed by atoms with Crippen LogP contribution in [-0.4, -0.2) is 32.5 Å². The van der Waals surface area contributed by atoms with Crippen LogP contribution in [0.2, 0.25) is 0 Å². The minimum atomic E-state index is -0.729. The SMILES string of the molecule is Cc1cn([C@@H]2C[C@H](CO)[C@H]2O)c(=O)[nH]c1=O. The highest BCUT2D eigenvalue weighted by Crippen LogP contribution is 2.36. The van der Waals surface area contributed by atoms with Crippen molar-refractivity contribution in [1.82, 2.24) is 9.55 Å². The number of nitrogens with one attached hydrogen (secondary N) is 1. The van der Waals surface area contributed by atoms with Gasteiger partial charge in [-0.25, -0.2) is 4.79 Å². The first kappa shape index (κ1) is 11.1. The van der Waals surface area contributed by atoms with Crippen molar-refractivity contribution in [3.63, 3.8) is 0 Å². The first-order valence-electron chi connectivity index (χ1n) is 5.15. The fourth-order valence-electron chi connectivity index (χ4n) is 2.00. The fourth-order valence-corrected chi connectivity index (χ4v) is 2.00. The van der Waals surface area contributed by atoms with E-state index < -0.39 is 17.4 Å². The lowest BCUT2D eigenvalue weighted by molar-refractivity contribution is -0.0580. The third-order valence-corrected chi connectivity index (χ3v) is 3.16. The van der Waals surface area contributed by atoms with Gasteiger partial charge < -0.3 is 10.2 Å². The number of hydrogen-bond acceptors (Lipinski definition) is 4. The Morgan fingerprint density at radius 3 is 2.81 bits per heavy atom. The van der Waals surface area contributed by atoms with Crippen molar-refractivity contribution in [3.05, 3.63) is 32.6 Å². The zero-order valence-electron chi connectivity index (χ0n) is 8.88. The van der Waals surface area contributed by atoms with Gasteiger partial charge in [0.1, 0.15) is 0 Å². The topological polar surface area (TPSA) is 95.3 Å². The number of aryl methyl sites for hydroxylation is 1. The molecule has 1 aliphatic carbocycles. The van der Waals surface area contributed by atoms with E-state index in [0.29, 0.717) is 12.0 Å². The van der Waals surface area contributed by atoms with Crippen LogP contribution in [-0.2, 0) is 0 Å². The molecule has 6 nitrogen and oxygen atoms in total. The molecule has 3 N–H and O–H groups in total. The van der Waals surface area contributed by atoms with E-state index in [2.05, 4.69) is 4.98 Å². The van der Waals surface area contributed by atoms with Gasteiger partial charge in [0.2, 0.25) is 0 Å². The smallest absolute Gasteiger partial charge is 0.328 e. The maximum absolute atomic E-state index is 11.5.